The zero-order chi connectivity index (χ0) is 17.2. The number of carbonyl (C=O) groups excluding carboxylic acids is 2. The van der Waals surface area contributed by atoms with Crippen molar-refractivity contribution in [3.05, 3.63) is 0 Å². The number of nitrogens with zero attached hydrogens (tertiary/aromatic N) is 2. The fraction of sp³-hybridized carbons (Fsp3) is 0.889. The molecule has 0 radical (unpaired) electrons. The molecule has 2 bridgehead atoms. The van der Waals surface area contributed by atoms with Crippen LogP contribution in [0.5, 0.6) is 0 Å². The average molecular weight is 321 g/mol. The maximum atomic E-state index is 9.63. The van der Waals surface area contributed by atoms with E-state index in [4.69, 9.17) is 0 Å². The molecule has 23 heavy (non-hydrogen) atoms. The molecule has 5 heteroatoms. The number of hydrogen-bond donors (Lipinski definition) is 1. The SMILES string of the molecule is CC1(C)CC2CC(C)(CN2)C1.O=C=NCCCCCCN=C=O. The molecule has 0 aromatic carbocycles. The van der Waals surface area contributed by atoms with Crippen molar-refractivity contribution in [3.8, 4) is 0 Å². The van der Waals surface area contributed by atoms with Crippen molar-refractivity contribution in [1.82, 2.24) is 5.32 Å². The fourth-order valence-corrected chi connectivity index (χ4v) is 4.13. The summed E-state index contributed by atoms with van der Waals surface area (Å²) in [5.41, 5.74) is 1.20. The predicted molar refractivity (Wildman–Crippen MR) is 92.0 cm³/mol. The lowest BCUT2D eigenvalue weighted by Crippen LogP contribution is -2.33. The van der Waals surface area contributed by atoms with Gasteiger partial charge in [-0.05, 0) is 42.9 Å². The van der Waals surface area contributed by atoms with E-state index in [-0.39, 0.29) is 0 Å². The topological polar surface area (TPSA) is 70.9 Å². The first-order chi connectivity index (χ1) is 10.9. The molecule has 1 aliphatic heterocycles. The van der Waals surface area contributed by atoms with Crippen LogP contribution in [0.4, 0.5) is 0 Å². The highest BCUT2D eigenvalue weighted by Gasteiger charge is 2.45. The number of isocyanates is 2. The minimum absolute atomic E-state index is 0.556. The molecule has 1 saturated carbocycles. The van der Waals surface area contributed by atoms with Crippen LogP contribution in [-0.2, 0) is 9.59 Å². The maximum absolute atomic E-state index is 9.63. The van der Waals surface area contributed by atoms with Gasteiger partial charge in [0.05, 0.1) is 13.1 Å². The van der Waals surface area contributed by atoms with Crippen LogP contribution in [0.1, 0.15) is 65.7 Å². The molecule has 2 aliphatic rings. The van der Waals surface area contributed by atoms with Gasteiger partial charge >= 0.3 is 0 Å². The van der Waals surface area contributed by atoms with Crippen molar-refractivity contribution >= 4 is 12.2 Å². The Morgan fingerprint density at radius 3 is 2.00 bits per heavy atom. The molecule has 0 spiro atoms. The number of hydrogen-bond acceptors (Lipinski definition) is 5. The van der Waals surface area contributed by atoms with E-state index >= 15 is 0 Å². The Balaban J connectivity index is 0.000000230. The summed E-state index contributed by atoms with van der Waals surface area (Å²) >= 11 is 0. The van der Waals surface area contributed by atoms with Gasteiger partial charge in [0, 0.05) is 12.6 Å². The van der Waals surface area contributed by atoms with Crippen molar-refractivity contribution in [2.75, 3.05) is 19.6 Å². The van der Waals surface area contributed by atoms with Crippen molar-refractivity contribution in [1.29, 1.82) is 0 Å². The van der Waals surface area contributed by atoms with Gasteiger partial charge in [-0.2, -0.15) is 0 Å². The molecule has 130 valence electrons. The van der Waals surface area contributed by atoms with E-state index in [2.05, 4.69) is 36.1 Å². The molecule has 2 fully saturated rings. The van der Waals surface area contributed by atoms with Gasteiger partial charge in [0.25, 0.3) is 0 Å². The van der Waals surface area contributed by atoms with E-state index in [0.717, 1.165) is 31.7 Å². The molecular weight excluding hydrogens is 290 g/mol. The van der Waals surface area contributed by atoms with Gasteiger partial charge in [-0.15, -0.1) is 0 Å². The molecule has 1 heterocycles. The lowest BCUT2D eigenvalue weighted by atomic mass is 9.65. The highest BCUT2D eigenvalue weighted by atomic mass is 16.1. The second-order valence-electron chi connectivity index (χ2n) is 8.00. The molecule has 1 aliphatic carbocycles. The maximum Gasteiger partial charge on any atom is 0.234 e. The predicted octanol–water partition coefficient (Wildman–Crippen LogP) is 3.39. The molecule has 0 aromatic heterocycles. The Morgan fingerprint density at radius 2 is 1.52 bits per heavy atom. The summed E-state index contributed by atoms with van der Waals surface area (Å²) in [7, 11) is 0. The molecule has 0 aromatic rings. The number of nitrogens with one attached hydrogen (secondary N) is 1. The van der Waals surface area contributed by atoms with E-state index < -0.39 is 0 Å². The second-order valence-corrected chi connectivity index (χ2v) is 8.00. The second kappa shape index (κ2) is 9.77. The third kappa shape index (κ3) is 8.22. The summed E-state index contributed by atoms with van der Waals surface area (Å²) in [5.74, 6) is 0. The number of rotatable bonds is 7. The van der Waals surface area contributed by atoms with E-state index in [1.807, 2.05) is 0 Å². The van der Waals surface area contributed by atoms with Crippen LogP contribution >= 0.6 is 0 Å². The molecule has 1 saturated heterocycles. The number of aliphatic imine (C=N–C) groups is 2. The fourth-order valence-electron chi connectivity index (χ4n) is 4.13. The minimum atomic E-state index is 0.556. The van der Waals surface area contributed by atoms with Crippen LogP contribution in [-0.4, -0.2) is 37.8 Å². The van der Waals surface area contributed by atoms with E-state index in [9.17, 15) is 9.59 Å². The van der Waals surface area contributed by atoms with Gasteiger partial charge in [0.15, 0.2) is 0 Å². The summed E-state index contributed by atoms with van der Waals surface area (Å²) in [6, 6.07) is 0.823. The first-order valence-electron chi connectivity index (χ1n) is 8.71. The van der Waals surface area contributed by atoms with Gasteiger partial charge < -0.3 is 5.32 Å². The molecule has 2 unspecified atom stereocenters. The molecule has 0 amide bonds. The number of unbranched alkanes of at least 4 members (excludes halogenated alkanes) is 3. The molecule has 5 nitrogen and oxygen atoms in total. The third-order valence-corrected chi connectivity index (χ3v) is 4.68. The highest BCUT2D eigenvalue weighted by Crippen LogP contribution is 2.48. The first-order valence-corrected chi connectivity index (χ1v) is 8.71. The summed E-state index contributed by atoms with van der Waals surface area (Å²) in [6.07, 6.45) is 11.0. The van der Waals surface area contributed by atoms with Gasteiger partial charge in [-0.25, -0.2) is 19.6 Å². The number of fused-ring (bicyclic) bond motifs is 2. The van der Waals surface area contributed by atoms with Crippen LogP contribution in [0, 0.1) is 10.8 Å². The van der Waals surface area contributed by atoms with Crippen molar-refractivity contribution in [2.45, 2.75) is 71.8 Å². The summed E-state index contributed by atoms with van der Waals surface area (Å²) in [4.78, 5) is 26.1. The van der Waals surface area contributed by atoms with Gasteiger partial charge in [-0.1, -0.05) is 33.6 Å². The zero-order valence-electron chi connectivity index (χ0n) is 14.9. The normalized spacial score (nSPS) is 27.2. The van der Waals surface area contributed by atoms with Crippen molar-refractivity contribution in [3.63, 3.8) is 0 Å². The summed E-state index contributed by atoms with van der Waals surface area (Å²) in [6.45, 7) is 9.61. The molecule has 2 atom stereocenters. The summed E-state index contributed by atoms with van der Waals surface area (Å²) in [5, 5.41) is 3.61. The van der Waals surface area contributed by atoms with Crippen LogP contribution in [0.2, 0.25) is 0 Å². The minimum Gasteiger partial charge on any atom is -0.313 e. The lowest BCUT2D eigenvalue weighted by Gasteiger charge is -2.39. The first kappa shape index (κ1) is 19.8. The van der Waals surface area contributed by atoms with E-state index in [1.165, 1.54) is 38.0 Å². The van der Waals surface area contributed by atoms with Gasteiger partial charge in [-0.3, -0.25) is 0 Å². The standard InChI is InChI=1S/C10H19N.C8H12N2O2/c1-9(2)4-8-5-10(3,6-9)7-11-8;11-7-9-5-3-1-2-4-6-10-8-12/h8,11H,4-7H2,1-3H3;1-6H2. The van der Waals surface area contributed by atoms with E-state index in [1.54, 1.807) is 0 Å². The van der Waals surface area contributed by atoms with Gasteiger partial charge in [0.2, 0.25) is 12.2 Å². The third-order valence-electron chi connectivity index (χ3n) is 4.68. The Hall–Kier alpha value is -1.28. The van der Waals surface area contributed by atoms with Crippen molar-refractivity contribution < 1.29 is 9.59 Å². The van der Waals surface area contributed by atoms with Crippen LogP contribution in [0.15, 0.2) is 9.98 Å². The Kier molecular flexibility index (Phi) is 8.40. The lowest BCUT2D eigenvalue weighted by molar-refractivity contribution is 0.135. The largest absolute Gasteiger partial charge is 0.313 e. The Morgan fingerprint density at radius 1 is 0.957 bits per heavy atom. The van der Waals surface area contributed by atoms with Crippen LogP contribution < -0.4 is 5.32 Å². The highest BCUT2D eigenvalue weighted by molar-refractivity contribution is 5.32. The summed E-state index contributed by atoms with van der Waals surface area (Å²) < 4.78 is 0. The average Bonchev–Trinajstić information content (AvgIpc) is 2.76. The molecule has 1 N–H and O–H groups in total. The molecular formula is C18H31N3O2. The Labute approximate surface area is 140 Å². The quantitative estimate of drug-likeness (QED) is 0.444. The van der Waals surface area contributed by atoms with Crippen molar-refractivity contribution in [2.24, 2.45) is 20.8 Å². The molecule has 2 rings (SSSR count). The smallest absolute Gasteiger partial charge is 0.234 e. The van der Waals surface area contributed by atoms with Gasteiger partial charge in [0.1, 0.15) is 0 Å². The Bertz CT molecular complexity index is 429. The van der Waals surface area contributed by atoms with Crippen LogP contribution in [0.25, 0.3) is 0 Å². The van der Waals surface area contributed by atoms with E-state index in [0.29, 0.717) is 23.9 Å². The zero-order valence-corrected chi connectivity index (χ0v) is 14.9. The van der Waals surface area contributed by atoms with Crippen LogP contribution in [0.3, 0.4) is 0 Å². The monoisotopic (exact) mass is 321 g/mol.